The summed E-state index contributed by atoms with van der Waals surface area (Å²) in [6.45, 7) is 16.6. The third-order valence-electron chi connectivity index (χ3n) is 11.2. The van der Waals surface area contributed by atoms with E-state index >= 15 is 0 Å². The predicted octanol–water partition coefficient (Wildman–Crippen LogP) is 7.04. The number of Topliss-reactive ketones (excluding diaryl/α,β-unsaturated/α-hetero) is 1. The average molecular weight is 683 g/mol. The highest BCUT2D eigenvalue weighted by molar-refractivity contribution is 5.87. The van der Waals surface area contributed by atoms with Crippen LogP contribution in [-0.4, -0.2) is 63.9 Å². The number of carbonyl (C=O) groups is 2. The molecule has 2 bridgehead atoms. The van der Waals surface area contributed by atoms with Gasteiger partial charge in [0.05, 0.1) is 24.1 Å². The minimum absolute atomic E-state index is 0.0318. The van der Waals surface area contributed by atoms with Crippen LogP contribution in [0.5, 0.6) is 17.4 Å². The van der Waals surface area contributed by atoms with E-state index in [1.165, 1.54) is 12.5 Å². The van der Waals surface area contributed by atoms with Crippen molar-refractivity contribution in [1.82, 2.24) is 20.2 Å². The predicted molar refractivity (Wildman–Crippen MR) is 177 cm³/mol. The molecule has 0 spiro atoms. The number of hydrogen-bond donors (Lipinski definition) is 1. The quantitative estimate of drug-likeness (QED) is 0.357. The van der Waals surface area contributed by atoms with Crippen molar-refractivity contribution in [1.29, 1.82) is 0 Å². The number of carbonyl (C=O) groups excluding carboxylic acids is 2. The van der Waals surface area contributed by atoms with Gasteiger partial charge < -0.3 is 29.2 Å². The number of alkyl carbamates (subject to hydrolysis) is 1. The maximum absolute atomic E-state index is 14.1. The second kappa shape index (κ2) is 12.3. The highest BCUT2D eigenvalue weighted by Crippen LogP contribution is 2.58. The van der Waals surface area contributed by atoms with Crippen LogP contribution in [0.3, 0.4) is 0 Å². The summed E-state index contributed by atoms with van der Waals surface area (Å²) in [6.07, 6.45) is 1.47. The van der Waals surface area contributed by atoms with Crippen LogP contribution in [0.2, 0.25) is 0 Å². The molecule has 3 fully saturated rings. The lowest BCUT2D eigenvalue weighted by Gasteiger charge is -2.40. The van der Waals surface area contributed by atoms with Crippen molar-refractivity contribution >= 4 is 22.9 Å². The van der Waals surface area contributed by atoms with Crippen LogP contribution < -0.4 is 19.5 Å². The van der Waals surface area contributed by atoms with Gasteiger partial charge in [-0.15, -0.1) is 8.78 Å². The van der Waals surface area contributed by atoms with Crippen LogP contribution in [0.4, 0.5) is 13.6 Å². The molecule has 12 heteroatoms. The van der Waals surface area contributed by atoms with E-state index in [2.05, 4.69) is 11.9 Å². The van der Waals surface area contributed by atoms with Gasteiger partial charge in [0.15, 0.2) is 11.5 Å². The maximum Gasteiger partial charge on any atom is 0.586 e. The Kier molecular flexibility index (Phi) is 8.45. The summed E-state index contributed by atoms with van der Waals surface area (Å²) >= 11 is 0. The molecule has 4 heterocycles. The molecular formula is C37H48F2N4O6. The Morgan fingerprint density at radius 1 is 1.06 bits per heavy atom. The van der Waals surface area contributed by atoms with Gasteiger partial charge in [-0.3, -0.25) is 4.79 Å². The average Bonchev–Trinajstić information content (AvgIpc) is 3.43. The van der Waals surface area contributed by atoms with Crippen molar-refractivity contribution in [3.63, 3.8) is 0 Å². The first-order valence-electron chi connectivity index (χ1n) is 17.8. The summed E-state index contributed by atoms with van der Waals surface area (Å²) in [5, 5.41) is 3.14. The summed E-state index contributed by atoms with van der Waals surface area (Å²) in [5.41, 5.74) is 1.30. The van der Waals surface area contributed by atoms with Gasteiger partial charge >= 0.3 is 12.4 Å². The van der Waals surface area contributed by atoms with Crippen molar-refractivity contribution in [3.8, 4) is 17.4 Å². The molecule has 1 aromatic heterocycles. The zero-order valence-electron chi connectivity index (χ0n) is 29.3. The first-order chi connectivity index (χ1) is 23.1. The van der Waals surface area contributed by atoms with E-state index in [1.807, 2.05) is 46.4 Å². The number of fused-ring (bicyclic) bond motifs is 9. The van der Waals surface area contributed by atoms with E-state index in [0.717, 1.165) is 32.1 Å². The Bertz CT molecular complexity index is 1660. The van der Waals surface area contributed by atoms with Gasteiger partial charge in [0, 0.05) is 17.5 Å². The third-order valence-corrected chi connectivity index (χ3v) is 11.2. The number of aryl methyl sites for hydroxylation is 1. The molecule has 2 aliphatic carbocycles. The molecule has 10 nitrogen and oxygen atoms in total. The largest absolute Gasteiger partial charge is 0.586 e. The molecule has 5 aliphatic rings. The van der Waals surface area contributed by atoms with E-state index in [0.29, 0.717) is 47.6 Å². The van der Waals surface area contributed by atoms with Gasteiger partial charge in [-0.25, -0.2) is 14.8 Å². The van der Waals surface area contributed by atoms with E-state index in [-0.39, 0.29) is 46.6 Å². The van der Waals surface area contributed by atoms with Crippen LogP contribution in [0.25, 0.3) is 11.0 Å². The summed E-state index contributed by atoms with van der Waals surface area (Å²) < 4.78 is 50.7. The zero-order valence-corrected chi connectivity index (χ0v) is 29.3. The van der Waals surface area contributed by atoms with E-state index in [9.17, 15) is 18.4 Å². The molecule has 1 saturated heterocycles. The molecule has 8 atom stereocenters. The summed E-state index contributed by atoms with van der Waals surface area (Å²) in [7, 11) is 0. The lowest BCUT2D eigenvalue weighted by Crippen LogP contribution is -2.52. The highest BCUT2D eigenvalue weighted by Gasteiger charge is 2.55. The first kappa shape index (κ1) is 33.8. The number of rotatable bonds is 2. The molecule has 266 valence electrons. The van der Waals surface area contributed by atoms with E-state index in [1.54, 1.807) is 6.07 Å². The number of ketones is 1. The van der Waals surface area contributed by atoms with Gasteiger partial charge in [-0.2, -0.15) is 0 Å². The normalized spacial score (nSPS) is 32.7. The van der Waals surface area contributed by atoms with Gasteiger partial charge in [0.2, 0.25) is 11.6 Å². The molecule has 2 saturated carbocycles. The van der Waals surface area contributed by atoms with Gasteiger partial charge in [-0.1, -0.05) is 61.0 Å². The van der Waals surface area contributed by atoms with Gasteiger partial charge in [-0.05, 0) is 67.4 Å². The Hall–Kier alpha value is -3.70. The number of aromatic nitrogens is 2. The molecule has 7 rings (SSSR count). The van der Waals surface area contributed by atoms with Crippen LogP contribution in [-0.2, 0) is 16.0 Å². The van der Waals surface area contributed by atoms with Crippen LogP contribution in [0.15, 0.2) is 24.4 Å². The van der Waals surface area contributed by atoms with Crippen LogP contribution in [0, 0.1) is 35.0 Å². The summed E-state index contributed by atoms with van der Waals surface area (Å²) in [6, 6.07) is 1.91. The first-order valence-corrected chi connectivity index (χ1v) is 17.8. The molecular weight excluding hydrogens is 634 g/mol. The molecule has 8 unspecified atom stereocenters. The molecule has 0 radical (unpaired) electrons. The summed E-state index contributed by atoms with van der Waals surface area (Å²) in [5.74, 6) is 0.957. The number of nitrogens with one attached hydrogen (secondary N) is 1. The number of alkyl halides is 2. The van der Waals surface area contributed by atoms with Crippen LogP contribution in [0.1, 0.15) is 85.8 Å². The van der Waals surface area contributed by atoms with Crippen molar-refractivity contribution in [2.24, 2.45) is 35.0 Å². The fourth-order valence-corrected chi connectivity index (χ4v) is 8.56. The second-order valence-corrected chi connectivity index (χ2v) is 16.1. The molecule has 3 aliphatic heterocycles. The third kappa shape index (κ3) is 6.40. The second-order valence-electron chi connectivity index (χ2n) is 16.1. The van der Waals surface area contributed by atoms with Crippen molar-refractivity contribution in [2.45, 2.75) is 117 Å². The fourth-order valence-electron chi connectivity index (χ4n) is 8.56. The maximum atomic E-state index is 14.1. The Labute approximate surface area is 286 Å². The topological polar surface area (TPSA) is 112 Å². The lowest BCUT2D eigenvalue weighted by molar-refractivity contribution is -0.286. The lowest BCUT2D eigenvalue weighted by atomic mass is 9.83. The smallest absolute Gasteiger partial charge is 0.471 e. The molecule has 49 heavy (non-hydrogen) atoms. The SMILES string of the molecule is C=C1C(C(C)(C)C)NC(=O)OC2CC3CC3C2CCCCCc2nc3ccc4c(c3nc2OC2CN1C(C(=O)C(C)C)C2C)OC(F)(F)O4. The minimum atomic E-state index is -3.81. The van der Waals surface area contributed by atoms with Gasteiger partial charge in [0.25, 0.3) is 0 Å². The number of nitrogens with zero attached hydrogens (tertiary/aromatic N) is 3. The van der Waals surface area contributed by atoms with Crippen molar-refractivity contribution < 1.29 is 37.3 Å². The minimum Gasteiger partial charge on any atom is -0.471 e. The number of hydrogen-bond acceptors (Lipinski definition) is 9. The zero-order chi connectivity index (χ0) is 35.0. The van der Waals surface area contributed by atoms with Gasteiger partial charge in [0.1, 0.15) is 23.4 Å². The fraction of sp³-hybridized carbons (Fsp3) is 0.676. The van der Waals surface area contributed by atoms with E-state index < -0.39 is 36.0 Å². The Morgan fingerprint density at radius 3 is 2.57 bits per heavy atom. The number of benzene rings is 1. The number of halogens is 2. The molecule has 1 aromatic carbocycles. The highest BCUT2D eigenvalue weighted by atomic mass is 19.3. The van der Waals surface area contributed by atoms with Crippen LogP contribution >= 0.6 is 0 Å². The standard InChI is InChI=1S/C37H48F2N4O6/c1-18(2)31(44)30-19(3)28-17-43(30)20(4)33(36(5,6)7)42-35(45)47-27-16-21-15-23(21)22(27)11-9-8-10-12-25-34(46-28)41-29-24(40-25)13-14-26-32(29)49-37(38,39)48-26/h13-14,18-19,21-23,27-28,30,33H,4,8-12,15-17H2,1-3,5-7H3,(H,42,45). The molecule has 1 amide bonds. The molecule has 1 N–H and O–H groups in total. The van der Waals surface area contributed by atoms with E-state index in [4.69, 9.17) is 28.9 Å². The number of ether oxygens (including phenoxy) is 4. The molecule has 2 aromatic rings. The Morgan fingerprint density at radius 2 is 1.84 bits per heavy atom. The van der Waals surface area contributed by atoms with Crippen molar-refractivity contribution in [2.75, 3.05) is 6.54 Å². The summed E-state index contributed by atoms with van der Waals surface area (Å²) in [4.78, 5) is 39.0. The monoisotopic (exact) mass is 682 g/mol. The Balaban J connectivity index is 1.27. The van der Waals surface area contributed by atoms with Crippen molar-refractivity contribution in [3.05, 3.63) is 30.1 Å². The number of amides is 1.